The Labute approximate surface area is 118 Å². The highest BCUT2D eigenvalue weighted by Gasteiger charge is 2.20. The van der Waals surface area contributed by atoms with Gasteiger partial charge in [0.15, 0.2) is 0 Å². The summed E-state index contributed by atoms with van der Waals surface area (Å²) in [4.78, 5) is 14.3. The van der Waals surface area contributed by atoms with E-state index in [0.717, 1.165) is 38.5 Å². The molecular weight excluding hydrogens is 238 g/mol. The topological polar surface area (TPSA) is 44.4 Å². The van der Waals surface area contributed by atoms with E-state index in [1.165, 1.54) is 12.8 Å². The van der Waals surface area contributed by atoms with Crippen molar-refractivity contribution in [3.05, 3.63) is 0 Å². The zero-order valence-electron chi connectivity index (χ0n) is 13.1. The van der Waals surface area contributed by atoms with E-state index in [-0.39, 0.29) is 11.4 Å². The second-order valence-corrected chi connectivity index (χ2v) is 6.73. The molecule has 0 spiro atoms. The van der Waals surface area contributed by atoms with Gasteiger partial charge in [0.25, 0.3) is 0 Å². The first-order chi connectivity index (χ1) is 8.90. The lowest BCUT2D eigenvalue weighted by Gasteiger charge is -2.30. The van der Waals surface area contributed by atoms with Crippen molar-refractivity contribution >= 4 is 5.91 Å². The SMILES string of the molecule is CCCN(CC(=O)NC(C)(C)C)CC1CCNCC1. The van der Waals surface area contributed by atoms with Gasteiger partial charge in [-0.3, -0.25) is 9.69 Å². The van der Waals surface area contributed by atoms with Crippen LogP contribution in [0.4, 0.5) is 0 Å². The first kappa shape index (κ1) is 16.4. The molecule has 1 aliphatic rings. The Morgan fingerprint density at radius 1 is 1.32 bits per heavy atom. The molecule has 1 saturated heterocycles. The van der Waals surface area contributed by atoms with Crippen LogP contribution in [0.2, 0.25) is 0 Å². The fourth-order valence-corrected chi connectivity index (χ4v) is 2.64. The summed E-state index contributed by atoms with van der Waals surface area (Å²) in [6.07, 6.45) is 3.58. The highest BCUT2D eigenvalue weighted by atomic mass is 16.2. The summed E-state index contributed by atoms with van der Waals surface area (Å²) in [5.41, 5.74) is -0.135. The average Bonchev–Trinajstić information content (AvgIpc) is 2.27. The maximum absolute atomic E-state index is 12.0. The van der Waals surface area contributed by atoms with Crippen molar-refractivity contribution in [1.29, 1.82) is 0 Å². The van der Waals surface area contributed by atoms with E-state index in [1.54, 1.807) is 0 Å². The first-order valence-electron chi connectivity index (χ1n) is 7.65. The number of carbonyl (C=O) groups excluding carboxylic acids is 1. The van der Waals surface area contributed by atoms with Crippen LogP contribution in [0.15, 0.2) is 0 Å². The molecule has 1 aliphatic heterocycles. The maximum atomic E-state index is 12.0. The van der Waals surface area contributed by atoms with Crippen LogP contribution in [0.25, 0.3) is 0 Å². The summed E-state index contributed by atoms with van der Waals surface area (Å²) in [6.45, 7) is 13.1. The average molecular weight is 269 g/mol. The summed E-state index contributed by atoms with van der Waals surface area (Å²) in [6, 6.07) is 0. The Balaban J connectivity index is 2.40. The van der Waals surface area contributed by atoms with Crippen molar-refractivity contribution in [2.24, 2.45) is 5.92 Å². The van der Waals surface area contributed by atoms with Crippen LogP contribution >= 0.6 is 0 Å². The number of carbonyl (C=O) groups is 1. The van der Waals surface area contributed by atoms with Gasteiger partial charge in [0, 0.05) is 12.1 Å². The zero-order valence-corrected chi connectivity index (χ0v) is 13.1. The van der Waals surface area contributed by atoms with Crippen LogP contribution in [0.5, 0.6) is 0 Å². The van der Waals surface area contributed by atoms with Gasteiger partial charge in [-0.1, -0.05) is 6.92 Å². The van der Waals surface area contributed by atoms with Crippen LogP contribution in [-0.2, 0) is 4.79 Å². The number of rotatable bonds is 6. The number of nitrogens with zero attached hydrogens (tertiary/aromatic N) is 1. The second-order valence-electron chi connectivity index (χ2n) is 6.73. The Bertz CT molecular complexity index is 267. The number of nitrogens with one attached hydrogen (secondary N) is 2. The molecule has 0 bridgehead atoms. The molecule has 0 aliphatic carbocycles. The minimum Gasteiger partial charge on any atom is -0.350 e. The van der Waals surface area contributed by atoms with Gasteiger partial charge in [0.2, 0.25) is 5.91 Å². The van der Waals surface area contributed by atoms with Gasteiger partial charge in [0.1, 0.15) is 0 Å². The van der Waals surface area contributed by atoms with Gasteiger partial charge in [-0.25, -0.2) is 0 Å². The van der Waals surface area contributed by atoms with E-state index >= 15 is 0 Å². The van der Waals surface area contributed by atoms with Gasteiger partial charge < -0.3 is 10.6 Å². The molecule has 112 valence electrons. The maximum Gasteiger partial charge on any atom is 0.234 e. The molecule has 0 radical (unpaired) electrons. The zero-order chi connectivity index (χ0) is 14.3. The van der Waals surface area contributed by atoms with Crippen molar-refractivity contribution in [3.8, 4) is 0 Å². The quantitative estimate of drug-likeness (QED) is 0.770. The molecule has 1 amide bonds. The molecule has 0 aromatic rings. The van der Waals surface area contributed by atoms with Crippen molar-refractivity contribution < 1.29 is 4.79 Å². The fourth-order valence-electron chi connectivity index (χ4n) is 2.64. The predicted octanol–water partition coefficient (Wildman–Crippen LogP) is 1.61. The predicted molar refractivity (Wildman–Crippen MR) is 80.2 cm³/mol. The molecule has 0 aromatic heterocycles. The lowest BCUT2D eigenvalue weighted by Crippen LogP contribution is -2.47. The molecule has 4 nitrogen and oxygen atoms in total. The molecule has 0 unspecified atom stereocenters. The summed E-state index contributed by atoms with van der Waals surface area (Å²) >= 11 is 0. The van der Waals surface area contributed by atoms with Gasteiger partial charge in [-0.2, -0.15) is 0 Å². The summed E-state index contributed by atoms with van der Waals surface area (Å²) in [5.74, 6) is 0.894. The van der Waals surface area contributed by atoms with Gasteiger partial charge in [-0.05, 0) is 65.6 Å². The fraction of sp³-hybridized carbons (Fsp3) is 0.933. The standard InChI is InChI=1S/C15H31N3O/c1-5-10-18(11-13-6-8-16-9-7-13)12-14(19)17-15(2,3)4/h13,16H,5-12H2,1-4H3,(H,17,19). The third-order valence-electron chi connectivity index (χ3n) is 3.40. The smallest absolute Gasteiger partial charge is 0.234 e. The number of piperidine rings is 1. The molecule has 0 aromatic carbocycles. The van der Waals surface area contributed by atoms with Crippen LogP contribution in [0.3, 0.4) is 0 Å². The highest BCUT2D eigenvalue weighted by molar-refractivity contribution is 5.78. The van der Waals surface area contributed by atoms with E-state index in [9.17, 15) is 4.79 Å². The Morgan fingerprint density at radius 2 is 1.95 bits per heavy atom. The number of hydrogen-bond acceptors (Lipinski definition) is 3. The summed E-state index contributed by atoms with van der Waals surface area (Å²) in [5, 5.41) is 6.45. The van der Waals surface area contributed by atoms with E-state index in [1.807, 2.05) is 20.8 Å². The van der Waals surface area contributed by atoms with Crippen LogP contribution in [-0.4, -0.2) is 49.1 Å². The minimum absolute atomic E-state index is 0.135. The molecule has 1 fully saturated rings. The Hall–Kier alpha value is -0.610. The van der Waals surface area contributed by atoms with Crippen LogP contribution < -0.4 is 10.6 Å². The largest absolute Gasteiger partial charge is 0.350 e. The third-order valence-corrected chi connectivity index (χ3v) is 3.40. The Kier molecular flexibility index (Phi) is 6.80. The van der Waals surface area contributed by atoms with Crippen molar-refractivity contribution in [1.82, 2.24) is 15.5 Å². The molecule has 2 N–H and O–H groups in total. The van der Waals surface area contributed by atoms with Crippen molar-refractivity contribution in [2.75, 3.05) is 32.7 Å². The Morgan fingerprint density at radius 3 is 2.47 bits per heavy atom. The minimum atomic E-state index is -0.135. The molecule has 19 heavy (non-hydrogen) atoms. The van der Waals surface area contributed by atoms with Crippen LogP contribution in [0.1, 0.15) is 47.0 Å². The van der Waals surface area contributed by atoms with Crippen LogP contribution in [0, 0.1) is 5.92 Å². The van der Waals surface area contributed by atoms with Gasteiger partial charge >= 0.3 is 0 Å². The molecular formula is C15H31N3O. The van der Waals surface area contributed by atoms with Crippen molar-refractivity contribution in [3.63, 3.8) is 0 Å². The highest BCUT2D eigenvalue weighted by Crippen LogP contribution is 2.13. The molecule has 0 saturated carbocycles. The van der Waals surface area contributed by atoms with E-state index in [4.69, 9.17) is 0 Å². The van der Waals surface area contributed by atoms with E-state index in [2.05, 4.69) is 22.5 Å². The molecule has 0 atom stereocenters. The first-order valence-corrected chi connectivity index (χ1v) is 7.65. The summed E-state index contributed by atoms with van der Waals surface area (Å²) < 4.78 is 0. The lowest BCUT2D eigenvalue weighted by atomic mass is 9.97. The van der Waals surface area contributed by atoms with E-state index in [0.29, 0.717) is 6.54 Å². The number of amides is 1. The van der Waals surface area contributed by atoms with Crippen molar-refractivity contribution in [2.45, 2.75) is 52.5 Å². The second kappa shape index (κ2) is 7.85. The van der Waals surface area contributed by atoms with Gasteiger partial charge in [0.05, 0.1) is 6.54 Å². The molecule has 1 heterocycles. The lowest BCUT2D eigenvalue weighted by molar-refractivity contribution is -0.123. The van der Waals surface area contributed by atoms with Gasteiger partial charge in [-0.15, -0.1) is 0 Å². The summed E-state index contributed by atoms with van der Waals surface area (Å²) in [7, 11) is 0. The normalized spacial score (nSPS) is 17.7. The van der Waals surface area contributed by atoms with E-state index < -0.39 is 0 Å². The molecule has 1 rings (SSSR count). The third kappa shape index (κ3) is 7.53. The molecule has 4 heteroatoms. The monoisotopic (exact) mass is 269 g/mol. The number of hydrogen-bond donors (Lipinski definition) is 2.